The summed E-state index contributed by atoms with van der Waals surface area (Å²) in [5.74, 6) is -1.79. The predicted molar refractivity (Wildman–Crippen MR) is 67.2 cm³/mol. The van der Waals surface area contributed by atoms with E-state index in [1.165, 1.54) is 6.92 Å². The molecule has 2 rings (SSSR count). The van der Waals surface area contributed by atoms with E-state index in [0.717, 1.165) is 4.90 Å². The molecule has 0 radical (unpaired) electrons. The summed E-state index contributed by atoms with van der Waals surface area (Å²) >= 11 is 5.75. The molecule has 0 saturated heterocycles. The van der Waals surface area contributed by atoms with Crippen LogP contribution in [0.2, 0.25) is 0 Å². The number of aliphatic hydroxyl groups excluding tert-OH is 1. The van der Waals surface area contributed by atoms with Crippen LogP contribution in [0.15, 0.2) is 15.1 Å². The van der Waals surface area contributed by atoms with Gasteiger partial charge in [-0.3, -0.25) is 9.69 Å². The quantitative estimate of drug-likeness (QED) is 0.861. The van der Waals surface area contributed by atoms with E-state index in [2.05, 4.69) is 5.16 Å². The Bertz CT molecular complexity index is 574. The van der Waals surface area contributed by atoms with E-state index in [-0.39, 0.29) is 22.2 Å². The Morgan fingerprint density at radius 3 is 2.42 bits per heavy atom. The molecule has 1 amide bonds. The number of nitrogens with zero attached hydrogens (tertiary/aromatic N) is 2. The van der Waals surface area contributed by atoms with E-state index in [1.54, 1.807) is 20.8 Å². The summed E-state index contributed by atoms with van der Waals surface area (Å²) < 4.78 is 19.2. The van der Waals surface area contributed by atoms with E-state index in [1.807, 2.05) is 0 Å². The van der Waals surface area contributed by atoms with Crippen LogP contribution < -0.4 is 4.90 Å². The highest BCUT2D eigenvalue weighted by Gasteiger charge is 2.41. The van der Waals surface area contributed by atoms with Crippen LogP contribution in [-0.4, -0.2) is 22.4 Å². The maximum absolute atomic E-state index is 14.3. The summed E-state index contributed by atoms with van der Waals surface area (Å²) in [4.78, 5) is 12.6. The van der Waals surface area contributed by atoms with Crippen LogP contribution in [0.3, 0.4) is 0 Å². The number of anilines is 1. The molecule has 0 bridgehead atoms. The van der Waals surface area contributed by atoms with Crippen LogP contribution in [0.1, 0.15) is 33.5 Å². The largest absolute Gasteiger partial charge is 0.369 e. The topological polar surface area (TPSA) is 66.6 Å². The van der Waals surface area contributed by atoms with Crippen molar-refractivity contribution in [2.24, 2.45) is 0 Å². The van der Waals surface area contributed by atoms with Gasteiger partial charge in [0.1, 0.15) is 5.03 Å². The first kappa shape index (κ1) is 14.0. The lowest BCUT2D eigenvalue weighted by Crippen LogP contribution is -2.36. The molecule has 1 aliphatic rings. The van der Waals surface area contributed by atoms with Gasteiger partial charge in [0.25, 0.3) is 5.91 Å². The van der Waals surface area contributed by atoms with Gasteiger partial charge in [-0.2, -0.15) is 4.39 Å². The predicted octanol–water partition coefficient (Wildman–Crippen LogP) is 2.29. The van der Waals surface area contributed by atoms with E-state index in [4.69, 9.17) is 16.1 Å². The van der Waals surface area contributed by atoms with Crippen molar-refractivity contribution in [1.82, 2.24) is 5.16 Å². The third-order valence-electron chi connectivity index (χ3n) is 2.91. The fourth-order valence-electron chi connectivity index (χ4n) is 1.79. The molecule has 0 fully saturated rings. The molecule has 7 heteroatoms. The average molecular weight is 289 g/mol. The minimum Gasteiger partial charge on any atom is -0.369 e. The maximum Gasteiger partial charge on any atom is 0.273 e. The van der Waals surface area contributed by atoms with Crippen LogP contribution in [-0.2, 0) is 10.2 Å². The number of aliphatic hydroxyl groups is 1. The Kier molecular flexibility index (Phi) is 3.18. The molecular weight excluding hydrogens is 275 g/mol. The molecular formula is C12H14ClFN2O3. The highest BCUT2D eigenvalue weighted by molar-refractivity contribution is 6.45. The van der Waals surface area contributed by atoms with E-state index < -0.39 is 23.4 Å². The molecule has 104 valence electrons. The van der Waals surface area contributed by atoms with Crippen molar-refractivity contribution in [2.45, 2.75) is 39.3 Å². The lowest BCUT2D eigenvalue weighted by molar-refractivity contribution is -0.115. The average Bonchev–Trinajstić information content (AvgIpc) is 2.76. The van der Waals surface area contributed by atoms with Gasteiger partial charge < -0.3 is 9.63 Å². The first-order valence-corrected chi connectivity index (χ1v) is 6.07. The van der Waals surface area contributed by atoms with E-state index in [9.17, 15) is 14.3 Å². The summed E-state index contributed by atoms with van der Waals surface area (Å²) in [5.41, 5.74) is -0.346. The van der Waals surface area contributed by atoms with Gasteiger partial charge >= 0.3 is 0 Å². The van der Waals surface area contributed by atoms with Crippen LogP contribution in [0.4, 0.5) is 10.2 Å². The molecule has 1 aromatic rings. The Morgan fingerprint density at radius 1 is 1.47 bits per heavy atom. The molecule has 0 spiro atoms. The van der Waals surface area contributed by atoms with Crippen molar-refractivity contribution >= 4 is 23.3 Å². The molecule has 0 aromatic carbocycles. The van der Waals surface area contributed by atoms with Crippen molar-refractivity contribution in [2.75, 3.05) is 4.90 Å². The number of amides is 1. The van der Waals surface area contributed by atoms with Crippen LogP contribution in [0.5, 0.6) is 0 Å². The number of aromatic nitrogens is 1. The Morgan fingerprint density at radius 2 is 2.05 bits per heavy atom. The van der Waals surface area contributed by atoms with Crippen LogP contribution in [0, 0.1) is 5.82 Å². The Labute approximate surface area is 114 Å². The van der Waals surface area contributed by atoms with Gasteiger partial charge in [0, 0.05) is 11.0 Å². The third-order valence-corrected chi connectivity index (χ3v) is 3.37. The smallest absolute Gasteiger partial charge is 0.273 e. The monoisotopic (exact) mass is 288 g/mol. The molecule has 1 atom stereocenters. The third kappa shape index (κ3) is 2.04. The summed E-state index contributed by atoms with van der Waals surface area (Å²) in [6.45, 7) is 6.74. The summed E-state index contributed by atoms with van der Waals surface area (Å²) in [7, 11) is 0. The van der Waals surface area contributed by atoms with Gasteiger partial charge in [-0.15, -0.1) is 0 Å². The van der Waals surface area contributed by atoms with Crippen molar-refractivity contribution in [1.29, 1.82) is 0 Å². The lowest BCUT2D eigenvalue weighted by Gasteiger charge is -2.18. The fraction of sp³-hybridized carbons (Fsp3) is 0.500. The maximum atomic E-state index is 14.3. The van der Waals surface area contributed by atoms with Gasteiger partial charge in [0.15, 0.2) is 12.0 Å². The summed E-state index contributed by atoms with van der Waals surface area (Å²) in [6.07, 6.45) is -1.33. The second kappa shape index (κ2) is 4.31. The molecule has 1 aliphatic heterocycles. The molecule has 2 heterocycles. The zero-order valence-corrected chi connectivity index (χ0v) is 11.7. The second-order valence-corrected chi connectivity index (χ2v) is 5.82. The number of hydrogen-bond donors (Lipinski definition) is 1. The normalized spacial score (nSPS) is 20.7. The van der Waals surface area contributed by atoms with Gasteiger partial charge in [0.05, 0.1) is 0 Å². The molecule has 19 heavy (non-hydrogen) atoms. The van der Waals surface area contributed by atoms with E-state index in [0.29, 0.717) is 0 Å². The number of halogens is 2. The standard InChI is InChI=1S/C12H14ClFN2O3/c1-5-6(13)11(18)16(10(5)17)9-7(14)8(19-15-9)12(2,3)4/h10,17H,1-4H3. The minimum atomic E-state index is -1.33. The van der Waals surface area contributed by atoms with E-state index >= 15 is 0 Å². The molecule has 0 aliphatic carbocycles. The number of carbonyl (C=O) groups is 1. The van der Waals surface area contributed by atoms with Gasteiger partial charge in [0.2, 0.25) is 11.6 Å². The van der Waals surface area contributed by atoms with Crippen molar-refractivity contribution in [3.63, 3.8) is 0 Å². The minimum absolute atomic E-state index is 0.0168. The summed E-state index contributed by atoms with van der Waals surface area (Å²) in [5, 5.41) is 13.3. The number of hydrogen-bond acceptors (Lipinski definition) is 4. The molecule has 0 saturated carbocycles. The molecule has 1 aromatic heterocycles. The molecule has 1 N–H and O–H groups in total. The van der Waals surface area contributed by atoms with Crippen molar-refractivity contribution in [3.8, 4) is 0 Å². The van der Waals surface area contributed by atoms with Crippen molar-refractivity contribution < 1.29 is 18.8 Å². The highest BCUT2D eigenvalue weighted by Crippen LogP contribution is 2.36. The first-order chi connectivity index (χ1) is 8.66. The zero-order valence-electron chi connectivity index (χ0n) is 11.0. The summed E-state index contributed by atoms with van der Waals surface area (Å²) in [6, 6.07) is 0. The van der Waals surface area contributed by atoms with Gasteiger partial charge in [-0.1, -0.05) is 37.5 Å². The van der Waals surface area contributed by atoms with Crippen molar-refractivity contribution in [3.05, 3.63) is 22.2 Å². The molecule has 1 unspecified atom stereocenters. The zero-order chi connectivity index (χ0) is 14.5. The first-order valence-electron chi connectivity index (χ1n) is 5.69. The van der Waals surface area contributed by atoms with Crippen LogP contribution in [0.25, 0.3) is 0 Å². The second-order valence-electron chi connectivity index (χ2n) is 5.45. The molecule has 5 nitrogen and oxygen atoms in total. The lowest BCUT2D eigenvalue weighted by atomic mass is 9.93. The van der Waals surface area contributed by atoms with Crippen LogP contribution >= 0.6 is 11.6 Å². The number of rotatable bonds is 1. The SMILES string of the molecule is CC1=C(Cl)C(=O)N(c2noc(C(C)(C)C)c2F)C1O. The van der Waals surface area contributed by atoms with Gasteiger partial charge in [-0.25, -0.2) is 0 Å². The number of carbonyl (C=O) groups excluding carboxylic acids is 1. The Balaban J connectivity index is 2.46. The fourth-order valence-corrected chi connectivity index (χ4v) is 1.98. The Hall–Kier alpha value is -1.40. The highest BCUT2D eigenvalue weighted by atomic mass is 35.5. The van der Waals surface area contributed by atoms with Gasteiger partial charge in [-0.05, 0) is 6.92 Å².